The summed E-state index contributed by atoms with van der Waals surface area (Å²) < 4.78 is 0. The first-order valence-electron chi connectivity index (χ1n) is 34.9. The molecule has 0 fully saturated rings. The zero-order valence-electron chi connectivity index (χ0n) is 72.5. The summed E-state index contributed by atoms with van der Waals surface area (Å²) in [5, 5.41) is 68.2. The number of ketones is 8. The van der Waals surface area contributed by atoms with Gasteiger partial charge in [0, 0.05) is 17.4 Å². The summed E-state index contributed by atoms with van der Waals surface area (Å²) in [6.45, 7) is 89.5. The van der Waals surface area contributed by atoms with Crippen molar-refractivity contribution in [1.29, 1.82) is 0 Å². The highest BCUT2D eigenvalue weighted by Crippen LogP contribution is 2.49. The summed E-state index contributed by atoms with van der Waals surface area (Å²) in [4.78, 5) is 90.9. The lowest BCUT2D eigenvalue weighted by molar-refractivity contribution is -0.156. The third kappa shape index (κ3) is 38.0. The molecule has 0 aliphatic rings. The number of carbonyl (C=O) groups excluding carboxylic acids is 8. The number of hydrogen-bond donors (Lipinski definition) is 8. The van der Waals surface area contributed by atoms with Crippen LogP contribution < -0.4 is 5.73 Å². The van der Waals surface area contributed by atoms with Crippen LogP contribution in [0.4, 0.5) is 0 Å². The fourth-order valence-corrected chi connectivity index (χ4v) is 15.6. The largest absolute Gasteiger partial charge is 0.393 e. The standard InChI is InChI=1S/2C11H22O2.C10H21NO.4C10H20O2.C9H18O2.CH4/c2*1-8(12)11(7,9(2,3)4)10(5,6)13;1-7(12)8(9(2,3)4)10(5,6)11;3*1-7(11)8(9(2,3)4)10(5,6)12;1-7(11)10(6,8(2)12)9(3,4)5;1-6(10)8(7(2)11)9(3,4)5;/h2*13H,1-7H3;8H,11H2,1-6H3;3*8,12H,1-6H3;7,11H,1-6H3;6,8,10H,1-5H3;1H4. The summed E-state index contributed by atoms with van der Waals surface area (Å²) in [5.74, 6) is -0.722. The predicted molar refractivity (Wildman–Crippen MR) is 413 cm³/mol. The highest BCUT2D eigenvalue weighted by atomic mass is 16.3. The number of rotatable bonds is 16. The van der Waals surface area contributed by atoms with E-state index in [2.05, 4.69) is 0 Å². The van der Waals surface area contributed by atoms with Crippen LogP contribution in [0.2, 0.25) is 0 Å². The average Bonchev–Trinajstić information content (AvgIpc) is 0.769. The molecule has 590 valence electrons. The van der Waals surface area contributed by atoms with Gasteiger partial charge in [0.1, 0.15) is 46.3 Å². The molecule has 0 bridgehead atoms. The van der Waals surface area contributed by atoms with Crippen LogP contribution in [0.1, 0.15) is 347 Å². The van der Waals surface area contributed by atoms with E-state index in [1.54, 1.807) is 104 Å². The summed E-state index contributed by atoms with van der Waals surface area (Å²) in [7, 11) is 0. The van der Waals surface area contributed by atoms with Gasteiger partial charge < -0.3 is 41.5 Å². The molecule has 16 nitrogen and oxygen atoms in total. The molecule has 0 rings (SSSR count). The first-order chi connectivity index (χ1) is 41.0. The van der Waals surface area contributed by atoms with E-state index in [1.807, 2.05) is 201 Å². The number of hydrogen-bond acceptors (Lipinski definition) is 16. The van der Waals surface area contributed by atoms with Crippen LogP contribution in [0.5, 0.6) is 0 Å². The first kappa shape index (κ1) is 114. The smallest absolute Gasteiger partial charge is 0.139 e. The van der Waals surface area contributed by atoms with Crippen LogP contribution in [0.3, 0.4) is 0 Å². The Morgan fingerprint density at radius 3 is 0.469 bits per heavy atom. The second-order valence-electron chi connectivity index (χ2n) is 40.3. The summed E-state index contributed by atoms with van der Waals surface area (Å²) in [6, 6.07) is 0. The fraction of sp³-hybridized carbons (Fsp3) is 0.902. The molecular formula is C82H167NO15. The van der Waals surface area contributed by atoms with Crippen molar-refractivity contribution in [2.45, 2.75) is 392 Å². The van der Waals surface area contributed by atoms with Gasteiger partial charge in [0.25, 0.3) is 0 Å². The van der Waals surface area contributed by atoms with Gasteiger partial charge in [0.2, 0.25) is 0 Å². The SMILES string of the molecule is C.CC(=O)C(C(C)(C)C)C(C)(C)N.CC(=O)C(C(C)(C)C)C(C)(C)O.CC(=O)C(C(C)(C)C)C(C)(C)O.CC(=O)C(C(C)(C)C)C(C)(C)O.CC(=O)C(C(C)O)C(C)(C)C.CC(=O)C(C)(C(C)(C)C)C(C)(C)O.CC(=O)C(C)(C(C)(C)C)C(C)(C)O.CC(=O)C(C)(C(C)O)C(C)(C)C. The van der Waals surface area contributed by atoms with E-state index in [9.17, 15) is 74.1 Å². The van der Waals surface area contributed by atoms with Gasteiger partial charge in [-0.3, -0.25) is 38.4 Å². The highest BCUT2D eigenvalue weighted by molar-refractivity contribution is 5.85. The summed E-state index contributed by atoms with van der Waals surface area (Å²) in [6.07, 6.45) is -1.15. The number of aliphatic hydroxyl groups is 7. The molecule has 10 unspecified atom stereocenters. The van der Waals surface area contributed by atoms with Gasteiger partial charge in [0.15, 0.2) is 0 Å². The molecule has 0 aromatic carbocycles. The predicted octanol–water partition coefficient (Wildman–Crippen LogP) is 17.1. The monoisotopic (exact) mass is 1410 g/mol. The second kappa shape index (κ2) is 39.2. The quantitative estimate of drug-likeness (QED) is 0.0712. The van der Waals surface area contributed by atoms with Gasteiger partial charge in [-0.15, -0.1) is 0 Å². The lowest BCUT2D eigenvalue weighted by atomic mass is 9.58. The Morgan fingerprint density at radius 1 is 0.286 bits per heavy atom. The van der Waals surface area contributed by atoms with Crippen molar-refractivity contribution in [2.24, 2.45) is 94.9 Å². The number of aliphatic hydroxyl groups excluding tert-OH is 2. The highest BCUT2D eigenvalue weighted by Gasteiger charge is 2.54. The van der Waals surface area contributed by atoms with E-state index < -0.39 is 62.0 Å². The third-order valence-corrected chi connectivity index (χ3v) is 19.8. The molecule has 9 N–H and O–H groups in total. The molecular weight excluding hydrogens is 1240 g/mol. The molecule has 0 amide bonds. The Balaban J connectivity index is -0.000000132. The maximum atomic E-state index is 11.6. The molecule has 0 saturated heterocycles. The molecule has 0 aliphatic heterocycles. The molecule has 0 heterocycles. The normalized spacial score (nSPS) is 17.0. The molecule has 98 heavy (non-hydrogen) atoms. The van der Waals surface area contributed by atoms with E-state index >= 15 is 0 Å². The minimum Gasteiger partial charge on any atom is -0.393 e. The van der Waals surface area contributed by atoms with E-state index in [0.29, 0.717) is 0 Å². The van der Waals surface area contributed by atoms with Crippen molar-refractivity contribution in [1.82, 2.24) is 0 Å². The first-order valence-corrected chi connectivity index (χ1v) is 34.9. The molecule has 16 heteroatoms. The molecule has 0 aromatic heterocycles. The Morgan fingerprint density at radius 2 is 0.469 bits per heavy atom. The van der Waals surface area contributed by atoms with Crippen LogP contribution in [0.15, 0.2) is 0 Å². The number of carbonyl (C=O) groups is 8. The maximum Gasteiger partial charge on any atom is 0.139 e. The molecule has 0 radical (unpaired) electrons. The third-order valence-electron chi connectivity index (χ3n) is 19.8. The van der Waals surface area contributed by atoms with Crippen LogP contribution >= 0.6 is 0 Å². The van der Waals surface area contributed by atoms with E-state index in [-0.39, 0.29) is 127 Å². The minimum absolute atomic E-state index is 0. The second-order valence-corrected chi connectivity index (χ2v) is 40.3. The number of nitrogens with two attached hydrogens (primary N) is 1. The molecule has 0 saturated carbocycles. The minimum atomic E-state index is -0.989. The topological polar surface area (TPSA) is 304 Å². The van der Waals surface area contributed by atoms with Crippen LogP contribution in [-0.4, -0.2) is 128 Å². The lowest BCUT2D eigenvalue weighted by Gasteiger charge is -2.48. The fourth-order valence-electron chi connectivity index (χ4n) is 15.6. The van der Waals surface area contributed by atoms with Crippen molar-refractivity contribution in [3.05, 3.63) is 0 Å². The zero-order chi connectivity index (χ0) is 82.2. The molecule has 10 atom stereocenters. The van der Waals surface area contributed by atoms with Crippen molar-refractivity contribution in [2.75, 3.05) is 0 Å². The lowest BCUT2D eigenvalue weighted by Crippen LogP contribution is -2.54. The van der Waals surface area contributed by atoms with Gasteiger partial charge in [-0.1, -0.05) is 174 Å². The summed E-state index contributed by atoms with van der Waals surface area (Å²) >= 11 is 0. The average molecular weight is 1410 g/mol. The van der Waals surface area contributed by atoms with E-state index in [4.69, 9.17) is 5.73 Å². The molecule has 0 aromatic rings. The van der Waals surface area contributed by atoms with Crippen LogP contribution in [0.25, 0.3) is 0 Å². The van der Waals surface area contributed by atoms with Crippen molar-refractivity contribution >= 4 is 46.3 Å². The Labute approximate surface area is 605 Å². The van der Waals surface area contributed by atoms with Crippen LogP contribution in [-0.2, 0) is 38.4 Å². The van der Waals surface area contributed by atoms with Gasteiger partial charge in [-0.25, -0.2) is 0 Å². The van der Waals surface area contributed by atoms with Crippen molar-refractivity contribution < 1.29 is 74.1 Å². The van der Waals surface area contributed by atoms with Gasteiger partial charge in [-0.05, 0) is 216 Å². The van der Waals surface area contributed by atoms with Gasteiger partial charge in [-0.2, -0.15) is 0 Å². The number of Topliss-reactive ketones (excluding diaryl/α,β-unsaturated/α-hetero) is 8. The molecule has 0 aliphatic carbocycles. The van der Waals surface area contributed by atoms with Gasteiger partial charge in [0.05, 0.1) is 74.2 Å². The Kier molecular flexibility index (Phi) is 45.5. The van der Waals surface area contributed by atoms with Gasteiger partial charge >= 0.3 is 0 Å². The van der Waals surface area contributed by atoms with Crippen molar-refractivity contribution in [3.63, 3.8) is 0 Å². The van der Waals surface area contributed by atoms with Crippen molar-refractivity contribution in [3.8, 4) is 0 Å². The zero-order valence-corrected chi connectivity index (χ0v) is 72.5. The summed E-state index contributed by atoms with van der Waals surface area (Å²) in [5.41, 5.74) is -2.70. The maximum absolute atomic E-state index is 11.6. The van der Waals surface area contributed by atoms with E-state index in [0.717, 1.165) is 0 Å². The Hall–Kier alpha value is -2.96. The Bertz CT molecular complexity index is 2130. The van der Waals surface area contributed by atoms with Crippen LogP contribution in [0, 0.1) is 89.2 Å². The molecule has 0 spiro atoms. The van der Waals surface area contributed by atoms with E-state index in [1.165, 1.54) is 34.6 Å².